The molecule has 0 aromatic carbocycles. The SMILES string of the molecule is CCC1CC(C)N(C(C)C)C(C)C1. The van der Waals surface area contributed by atoms with Gasteiger partial charge in [-0.25, -0.2) is 0 Å². The first-order valence-corrected chi connectivity index (χ1v) is 5.83. The summed E-state index contributed by atoms with van der Waals surface area (Å²) in [6.07, 6.45) is 4.17. The lowest BCUT2D eigenvalue weighted by atomic mass is 9.85. The van der Waals surface area contributed by atoms with Crippen molar-refractivity contribution in [2.45, 2.75) is 72.0 Å². The quantitative estimate of drug-likeness (QED) is 0.635. The van der Waals surface area contributed by atoms with E-state index in [4.69, 9.17) is 0 Å². The van der Waals surface area contributed by atoms with E-state index in [1.165, 1.54) is 19.3 Å². The first-order chi connectivity index (χ1) is 6.06. The van der Waals surface area contributed by atoms with Gasteiger partial charge in [0.2, 0.25) is 0 Å². The van der Waals surface area contributed by atoms with E-state index in [-0.39, 0.29) is 0 Å². The maximum atomic E-state index is 2.67. The standard InChI is InChI=1S/C12H25N/c1-6-12-7-10(4)13(9(2)3)11(5)8-12/h9-12H,6-8H2,1-5H3. The van der Waals surface area contributed by atoms with Gasteiger partial charge in [-0.05, 0) is 46.5 Å². The Morgan fingerprint density at radius 3 is 1.92 bits per heavy atom. The van der Waals surface area contributed by atoms with Crippen molar-refractivity contribution in [1.29, 1.82) is 0 Å². The molecule has 0 bridgehead atoms. The zero-order chi connectivity index (χ0) is 10.0. The van der Waals surface area contributed by atoms with Gasteiger partial charge in [0.15, 0.2) is 0 Å². The van der Waals surface area contributed by atoms with Crippen LogP contribution in [0.3, 0.4) is 0 Å². The summed E-state index contributed by atoms with van der Waals surface area (Å²) >= 11 is 0. The maximum Gasteiger partial charge on any atom is 0.00750 e. The van der Waals surface area contributed by atoms with Crippen molar-refractivity contribution in [3.63, 3.8) is 0 Å². The van der Waals surface area contributed by atoms with Gasteiger partial charge < -0.3 is 0 Å². The van der Waals surface area contributed by atoms with Gasteiger partial charge in [-0.2, -0.15) is 0 Å². The molecule has 0 N–H and O–H groups in total. The summed E-state index contributed by atoms with van der Waals surface area (Å²) in [5.74, 6) is 0.972. The van der Waals surface area contributed by atoms with E-state index < -0.39 is 0 Å². The van der Waals surface area contributed by atoms with Crippen LogP contribution in [0.2, 0.25) is 0 Å². The number of likely N-dealkylation sites (tertiary alicyclic amines) is 1. The van der Waals surface area contributed by atoms with Gasteiger partial charge in [0.1, 0.15) is 0 Å². The van der Waals surface area contributed by atoms with Crippen molar-refractivity contribution >= 4 is 0 Å². The maximum absolute atomic E-state index is 2.67. The van der Waals surface area contributed by atoms with Crippen molar-refractivity contribution < 1.29 is 0 Å². The monoisotopic (exact) mass is 183 g/mol. The van der Waals surface area contributed by atoms with Gasteiger partial charge in [-0.15, -0.1) is 0 Å². The lowest BCUT2D eigenvalue weighted by Crippen LogP contribution is -2.49. The minimum Gasteiger partial charge on any atom is -0.296 e. The first-order valence-electron chi connectivity index (χ1n) is 5.83. The van der Waals surface area contributed by atoms with E-state index in [0.717, 1.165) is 18.0 Å². The zero-order valence-electron chi connectivity index (χ0n) is 9.88. The van der Waals surface area contributed by atoms with Crippen molar-refractivity contribution in [1.82, 2.24) is 4.90 Å². The highest BCUT2D eigenvalue weighted by Gasteiger charge is 2.31. The van der Waals surface area contributed by atoms with Crippen molar-refractivity contribution in [3.05, 3.63) is 0 Å². The van der Waals surface area contributed by atoms with Crippen LogP contribution in [0.4, 0.5) is 0 Å². The van der Waals surface area contributed by atoms with E-state index >= 15 is 0 Å². The van der Waals surface area contributed by atoms with Crippen LogP contribution >= 0.6 is 0 Å². The van der Waals surface area contributed by atoms with Gasteiger partial charge in [0.05, 0.1) is 0 Å². The van der Waals surface area contributed by atoms with Crippen molar-refractivity contribution in [2.75, 3.05) is 0 Å². The molecular formula is C12H25N. The van der Waals surface area contributed by atoms with E-state index in [9.17, 15) is 0 Å². The van der Waals surface area contributed by atoms with Gasteiger partial charge >= 0.3 is 0 Å². The summed E-state index contributed by atoms with van der Waals surface area (Å²) in [5, 5.41) is 0. The molecule has 0 spiro atoms. The summed E-state index contributed by atoms with van der Waals surface area (Å²) in [6.45, 7) is 11.7. The third-order valence-electron chi connectivity index (χ3n) is 3.54. The molecule has 0 aliphatic carbocycles. The summed E-state index contributed by atoms with van der Waals surface area (Å²) in [4.78, 5) is 2.67. The molecule has 2 unspecified atom stereocenters. The molecule has 0 aromatic rings. The largest absolute Gasteiger partial charge is 0.296 e. The molecular weight excluding hydrogens is 158 g/mol. The molecule has 0 amide bonds. The molecule has 0 saturated carbocycles. The molecule has 1 aliphatic rings. The number of hydrogen-bond acceptors (Lipinski definition) is 1. The molecule has 1 aliphatic heterocycles. The smallest absolute Gasteiger partial charge is 0.00750 e. The molecule has 0 aromatic heterocycles. The second kappa shape index (κ2) is 4.45. The molecule has 1 fully saturated rings. The summed E-state index contributed by atoms with van der Waals surface area (Å²) in [7, 11) is 0. The van der Waals surface area contributed by atoms with Crippen molar-refractivity contribution in [2.24, 2.45) is 5.92 Å². The Balaban J connectivity index is 2.59. The molecule has 0 radical (unpaired) electrons. The number of nitrogens with zero attached hydrogens (tertiary/aromatic N) is 1. The molecule has 1 heterocycles. The minimum absolute atomic E-state index is 0.711. The summed E-state index contributed by atoms with van der Waals surface area (Å²) in [5.41, 5.74) is 0. The minimum atomic E-state index is 0.711. The van der Waals surface area contributed by atoms with E-state index in [0.29, 0.717) is 6.04 Å². The van der Waals surface area contributed by atoms with Gasteiger partial charge in [0, 0.05) is 18.1 Å². The number of piperidine rings is 1. The Morgan fingerprint density at radius 2 is 1.62 bits per heavy atom. The Labute approximate surface area is 83.5 Å². The Hall–Kier alpha value is -0.0400. The average Bonchev–Trinajstić information content (AvgIpc) is 2.02. The van der Waals surface area contributed by atoms with Crippen LogP contribution < -0.4 is 0 Å². The second-order valence-electron chi connectivity index (χ2n) is 4.98. The number of hydrogen-bond donors (Lipinski definition) is 0. The topological polar surface area (TPSA) is 3.24 Å². The fourth-order valence-electron chi connectivity index (χ4n) is 3.09. The molecule has 1 rings (SSSR count). The van der Waals surface area contributed by atoms with Crippen LogP contribution in [0, 0.1) is 5.92 Å². The second-order valence-corrected chi connectivity index (χ2v) is 4.98. The summed E-state index contributed by atoms with van der Waals surface area (Å²) in [6, 6.07) is 2.28. The highest BCUT2D eigenvalue weighted by Crippen LogP contribution is 2.30. The predicted octanol–water partition coefficient (Wildman–Crippen LogP) is 3.29. The fourth-order valence-corrected chi connectivity index (χ4v) is 3.09. The van der Waals surface area contributed by atoms with Gasteiger partial charge in [-0.3, -0.25) is 4.90 Å². The van der Waals surface area contributed by atoms with Crippen LogP contribution in [0.25, 0.3) is 0 Å². The van der Waals surface area contributed by atoms with Crippen LogP contribution in [0.15, 0.2) is 0 Å². The molecule has 13 heavy (non-hydrogen) atoms. The molecule has 1 heteroatoms. The zero-order valence-corrected chi connectivity index (χ0v) is 9.88. The molecule has 78 valence electrons. The van der Waals surface area contributed by atoms with E-state index in [1.54, 1.807) is 0 Å². The lowest BCUT2D eigenvalue weighted by molar-refractivity contribution is 0.0412. The summed E-state index contributed by atoms with van der Waals surface area (Å²) < 4.78 is 0. The van der Waals surface area contributed by atoms with Crippen molar-refractivity contribution in [3.8, 4) is 0 Å². The normalized spacial score (nSPS) is 36.9. The third-order valence-corrected chi connectivity index (χ3v) is 3.54. The molecule has 1 saturated heterocycles. The Morgan fingerprint density at radius 1 is 1.15 bits per heavy atom. The third kappa shape index (κ3) is 2.46. The average molecular weight is 183 g/mol. The van der Waals surface area contributed by atoms with E-state index in [1.807, 2.05) is 0 Å². The van der Waals surface area contributed by atoms with Gasteiger partial charge in [-0.1, -0.05) is 13.3 Å². The van der Waals surface area contributed by atoms with E-state index in [2.05, 4.69) is 39.5 Å². The molecule has 1 nitrogen and oxygen atoms in total. The van der Waals surface area contributed by atoms with Crippen LogP contribution in [-0.4, -0.2) is 23.0 Å². The first kappa shape index (κ1) is 11.0. The predicted molar refractivity (Wildman–Crippen MR) is 58.9 cm³/mol. The highest BCUT2D eigenvalue weighted by molar-refractivity contribution is 4.85. The molecule has 2 atom stereocenters. The highest BCUT2D eigenvalue weighted by atomic mass is 15.2. The van der Waals surface area contributed by atoms with Crippen LogP contribution in [0.5, 0.6) is 0 Å². The van der Waals surface area contributed by atoms with Gasteiger partial charge in [0.25, 0.3) is 0 Å². The number of rotatable bonds is 2. The lowest BCUT2D eigenvalue weighted by Gasteiger charge is -2.45. The van der Waals surface area contributed by atoms with Crippen LogP contribution in [0.1, 0.15) is 53.9 Å². The van der Waals surface area contributed by atoms with Crippen LogP contribution in [-0.2, 0) is 0 Å². The fraction of sp³-hybridized carbons (Fsp3) is 1.00. The Bertz CT molecular complexity index is 141. The Kier molecular flexibility index (Phi) is 3.78.